The summed E-state index contributed by atoms with van der Waals surface area (Å²) in [6.45, 7) is 0.727. The van der Waals surface area contributed by atoms with Crippen molar-refractivity contribution >= 4 is 0 Å². The van der Waals surface area contributed by atoms with Crippen molar-refractivity contribution in [2.75, 3.05) is 6.61 Å². The summed E-state index contributed by atoms with van der Waals surface area (Å²) in [5.74, 6) is -2.61. The summed E-state index contributed by atoms with van der Waals surface area (Å²) in [4.78, 5) is 11.8. The Morgan fingerprint density at radius 2 is 2.05 bits per heavy atom. The SMILES string of the molecule is O=c1ccc([C@H]2CCCCO2)cn1C1CC(F)(F)C1. The summed E-state index contributed by atoms with van der Waals surface area (Å²) in [5.41, 5.74) is 0.717. The van der Waals surface area contributed by atoms with E-state index in [2.05, 4.69) is 0 Å². The van der Waals surface area contributed by atoms with E-state index < -0.39 is 5.92 Å². The van der Waals surface area contributed by atoms with Crippen molar-refractivity contribution in [2.45, 2.75) is 50.2 Å². The largest absolute Gasteiger partial charge is 0.373 e. The molecule has 1 atom stereocenters. The van der Waals surface area contributed by atoms with Crippen LogP contribution in [0.25, 0.3) is 0 Å². The predicted octanol–water partition coefficient (Wildman–Crippen LogP) is 3.06. The van der Waals surface area contributed by atoms with Crippen molar-refractivity contribution in [1.82, 2.24) is 4.57 Å². The molecule has 1 aromatic heterocycles. The average molecular weight is 269 g/mol. The molecule has 0 unspecified atom stereocenters. The van der Waals surface area contributed by atoms with Crippen LogP contribution in [0, 0.1) is 0 Å². The fraction of sp³-hybridized carbons (Fsp3) is 0.643. The second kappa shape index (κ2) is 4.71. The minimum atomic E-state index is -2.61. The number of hydrogen-bond acceptors (Lipinski definition) is 2. The number of rotatable bonds is 2. The molecule has 1 aromatic rings. The maximum absolute atomic E-state index is 12.9. The number of pyridine rings is 1. The van der Waals surface area contributed by atoms with Gasteiger partial charge in [-0.1, -0.05) is 0 Å². The number of alkyl halides is 2. The second-order valence-electron chi connectivity index (χ2n) is 5.48. The molecule has 0 radical (unpaired) electrons. The van der Waals surface area contributed by atoms with Crippen LogP contribution in [0.2, 0.25) is 0 Å². The molecule has 3 nitrogen and oxygen atoms in total. The van der Waals surface area contributed by atoms with Gasteiger partial charge < -0.3 is 9.30 Å². The molecular weight excluding hydrogens is 252 g/mol. The quantitative estimate of drug-likeness (QED) is 0.826. The maximum atomic E-state index is 12.9. The Morgan fingerprint density at radius 1 is 1.26 bits per heavy atom. The van der Waals surface area contributed by atoms with E-state index in [9.17, 15) is 13.6 Å². The van der Waals surface area contributed by atoms with Crippen LogP contribution in [0.4, 0.5) is 8.78 Å². The normalized spacial score (nSPS) is 26.9. The number of nitrogens with zero attached hydrogens (tertiary/aromatic N) is 1. The van der Waals surface area contributed by atoms with E-state index in [1.54, 1.807) is 12.3 Å². The van der Waals surface area contributed by atoms with Gasteiger partial charge in [0, 0.05) is 37.8 Å². The van der Waals surface area contributed by atoms with E-state index >= 15 is 0 Å². The lowest BCUT2D eigenvalue weighted by atomic mass is 9.87. The summed E-state index contributed by atoms with van der Waals surface area (Å²) in [5, 5.41) is 0. The number of halogens is 2. The first kappa shape index (κ1) is 12.8. The number of ether oxygens (including phenoxy) is 1. The highest BCUT2D eigenvalue weighted by Gasteiger charge is 2.46. The number of aromatic nitrogens is 1. The molecule has 104 valence electrons. The molecule has 0 amide bonds. The van der Waals surface area contributed by atoms with Crippen LogP contribution in [0.15, 0.2) is 23.1 Å². The molecule has 3 rings (SSSR count). The Morgan fingerprint density at radius 3 is 2.68 bits per heavy atom. The average Bonchev–Trinajstić information content (AvgIpc) is 2.37. The van der Waals surface area contributed by atoms with E-state index in [4.69, 9.17) is 4.74 Å². The third-order valence-corrected chi connectivity index (χ3v) is 3.97. The van der Waals surface area contributed by atoms with E-state index in [0.717, 1.165) is 31.4 Å². The lowest BCUT2D eigenvalue weighted by Crippen LogP contribution is -2.41. The lowest BCUT2D eigenvalue weighted by Gasteiger charge is -2.36. The minimum Gasteiger partial charge on any atom is -0.373 e. The zero-order chi connectivity index (χ0) is 13.5. The van der Waals surface area contributed by atoms with Crippen molar-refractivity contribution in [3.63, 3.8) is 0 Å². The Bertz CT molecular complexity index is 512. The minimum absolute atomic E-state index is 0.00110. The highest BCUT2D eigenvalue weighted by molar-refractivity contribution is 5.15. The van der Waals surface area contributed by atoms with Crippen LogP contribution >= 0.6 is 0 Å². The maximum Gasteiger partial charge on any atom is 0.252 e. The van der Waals surface area contributed by atoms with Gasteiger partial charge in [0.05, 0.1) is 6.10 Å². The molecule has 1 aliphatic heterocycles. The van der Waals surface area contributed by atoms with Crippen molar-refractivity contribution in [3.05, 3.63) is 34.2 Å². The van der Waals surface area contributed by atoms with Gasteiger partial charge in [0.25, 0.3) is 11.5 Å². The van der Waals surface area contributed by atoms with Crippen LogP contribution < -0.4 is 5.56 Å². The molecule has 0 bridgehead atoms. The van der Waals surface area contributed by atoms with E-state index in [-0.39, 0.29) is 30.5 Å². The van der Waals surface area contributed by atoms with Gasteiger partial charge in [-0.2, -0.15) is 0 Å². The fourth-order valence-electron chi connectivity index (χ4n) is 2.83. The molecule has 0 N–H and O–H groups in total. The summed E-state index contributed by atoms with van der Waals surface area (Å²) in [7, 11) is 0. The molecule has 1 saturated heterocycles. The molecular formula is C14H17F2NO2. The van der Waals surface area contributed by atoms with Gasteiger partial charge in [-0.25, -0.2) is 8.78 Å². The zero-order valence-electron chi connectivity index (χ0n) is 10.6. The topological polar surface area (TPSA) is 31.2 Å². The van der Waals surface area contributed by atoms with Gasteiger partial charge >= 0.3 is 0 Å². The van der Waals surface area contributed by atoms with Gasteiger partial charge in [-0.15, -0.1) is 0 Å². The fourth-order valence-corrected chi connectivity index (χ4v) is 2.83. The zero-order valence-corrected chi connectivity index (χ0v) is 10.6. The standard InChI is InChI=1S/C14H17F2NO2/c15-14(16)7-11(8-14)17-9-10(4-5-13(17)18)12-3-1-2-6-19-12/h4-5,9,11-12H,1-3,6-8H2/t12-/m1/s1. The van der Waals surface area contributed by atoms with Crippen molar-refractivity contribution in [1.29, 1.82) is 0 Å². The van der Waals surface area contributed by atoms with Crippen LogP contribution in [-0.4, -0.2) is 17.1 Å². The van der Waals surface area contributed by atoms with Crippen LogP contribution in [0.1, 0.15) is 49.8 Å². The Labute approximate surface area is 110 Å². The van der Waals surface area contributed by atoms with Crippen LogP contribution in [0.3, 0.4) is 0 Å². The molecule has 1 aliphatic carbocycles. The van der Waals surface area contributed by atoms with Gasteiger partial charge in [0.1, 0.15) is 0 Å². The molecule has 2 heterocycles. The third kappa shape index (κ3) is 2.56. The molecule has 0 spiro atoms. The van der Waals surface area contributed by atoms with E-state index in [1.807, 2.05) is 0 Å². The number of hydrogen-bond donors (Lipinski definition) is 0. The van der Waals surface area contributed by atoms with Crippen molar-refractivity contribution in [3.8, 4) is 0 Å². The molecule has 1 saturated carbocycles. The predicted molar refractivity (Wildman–Crippen MR) is 66.5 cm³/mol. The monoisotopic (exact) mass is 269 g/mol. The molecule has 0 aromatic carbocycles. The summed E-state index contributed by atoms with van der Waals surface area (Å²) < 4.78 is 33.0. The first-order valence-corrected chi connectivity index (χ1v) is 6.77. The van der Waals surface area contributed by atoms with Crippen LogP contribution in [0.5, 0.6) is 0 Å². The summed E-state index contributed by atoms with van der Waals surface area (Å²) >= 11 is 0. The first-order valence-electron chi connectivity index (χ1n) is 6.77. The molecule has 19 heavy (non-hydrogen) atoms. The van der Waals surface area contributed by atoms with Crippen molar-refractivity contribution < 1.29 is 13.5 Å². The Balaban J connectivity index is 1.82. The Hall–Kier alpha value is -1.23. The van der Waals surface area contributed by atoms with Gasteiger partial charge in [-0.05, 0) is 30.9 Å². The Kier molecular flexibility index (Phi) is 3.17. The highest BCUT2D eigenvalue weighted by Crippen LogP contribution is 2.45. The summed E-state index contributed by atoms with van der Waals surface area (Å²) in [6, 6.07) is 2.85. The van der Waals surface area contributed by atoms with Gasteiger partial charge in [0.2, 0.25) is 0 Å². The smallest absolute Gasteiger partial charge is 0.252 e. The van der Waals surface area contributed by atoms with Gasteiger partial charge in [-0.3, -0.25) is 4.79 Å². The first-order chi connectivity index (χ1) is 9.05. The van der Waals surface area contributed by atoms with Crippen LogP contribution in [-0.2, 0) is 4.74 Å². The highest BCUT2D eigenvalue weighted by atomic mass is 19.3. The lowest BCUT2D eigenvalue weighted by molar-refractivity contribution is -0.105. The van der Waals surface area contributed by atoms with Gasteiger partial charge in [0.15, 0.2) is 0 Å². The summed E-state index contributed by atoms with van der Waals surface area (Å²) in [6.07, 6.45) is 4.33. The molecule has 2 fully saturated rings. The van der Waals surface area contributed by atoms with Crippen molar-refractivity contribution in [2.24, 2.45) is 0 Å². The molecule has 5 heteroatoms. The second-order valence-corrected chi connectivity index (χ2v) is 5.48. The molecule has 2 aliphatic rings. The third-order valence-electron chi connectivity index (χ3n) is 3.97. The van der Waals surface area contributed by atoms with E-state index in [0.29, 0.717) is 0 Å². The van der Waals surface area contributed by atoms with E-state index in [1.165, 1.54) is 10.6 Å².